The largest absolute Gasteiger partial charge is 0.310 e. The molecule has 0 aromatic carbocycles. The lowest BCUT2D eigenvalue weighted by molar-refractivity contribution is 0.822. The molecule has 0 bridgehead atoms. The molecule has 0 spiro atoms. The van der Waals surface area contributed by atoms with Crippen LogP contribution in [0, 0.1) is 13.8 Å². The molecule has 2 aromatic rings. The summed E-state index contributed by atoms with van der Waals surface area (Å²) >= 11 is 0. The van der Waals surface area contributed by atoms with Gasteiger partial charge in [-0.25, -0.2) is 4.98 Å². The van der Waals surface area contributed by atoms with Crippen LogP contribution in [-0.4, -0.2) is 15.0 Å². The molecule has 94 valence electrons. The molecule has 2 heterocycles. The number of H-pyrrole nitrogens is 1. The molecule has 0 aliphatic rings. The third-order valence-electron chi connectivity index (χ3n) is 2.87. The van der Waals surface area contributed by atoms with Crippen molar-refractivity contribution in [1.29, 1.82) is 0 Å². The van der Waals surface area contributed by atoms with Crippen molar-refractivity contribution in [2.45, 2.75) is 33.6 Å². The minimum atomic E-state index is -0.0657. The maximum atomic E-state index is 11.9. The summed E-state index contributed by atoms with van der Waals surface area (Å²) in [5.41, 5.74) is 3.15. The molecule has 0 radical (unpaired) electrons. The maximum absolute atomic E-state index is 11.9. The zero-order valence-electron chi connectivity index (χ0n) is 10.9. The fourth-order valence-electron chi connectivity index (χ4n) is 1.82. The van der Waals surface area contributed by atoms with Gasteiger partial charge in [-0.1, -0.05) is 6.92 Å². The molecule has 2 aromatic heterocycles. The molecular weight excluding hydrogens is 226 g/mol. The minimum Gasteiger partial charge on any atom is -0.310 e. The predicted octanol–water partition coefficient (Wildman–Crippen LogP) is 2.40. The Morgan fingerprint density at radius 3 is 2.67 bits per heavy atom. The second-order valence-electron chi connectivity index (χ2n) is 4.42. The number of nitrogens with zero attached hydrogens (tertiary/aromatic N) is 2. The molecule has 0 atom stereocenters. The second-order valence-corrected chi connectivity index (χ2v) is 4.42. The van der Waals surface area contributed by atoms with Crippen LogP contribution in [0.3, 0.4) is 0 Å². The summed E-state index contributed by atoms with van der Waals surface area (Å²) in [7, 11) is 0. The quantitative estimate of drug-likeness (QED) is 0.900. The predicted molar refractivity (Wildman–Crippen MR) is 71.6 cm³/mol. The lowest BCUT2D eigenvalue weighted by atomic mass is 10.1. The van der Waals surface area contributed by atoms with Gasteiger partial charge in [0.05, 0.1) is 5.69 Å². The van der Waals surface area contributed by atoms with E-state index < -0.39 is 0 Å². The van der Waals surface area contributed by atoms with Gasteiger partial charge in [-0.15, -0.1) is 0 Å². The Hall–Kier alpha value is -1.97. The lowest BCUT2D eigenvalue weighted by Gasteiger charge is -2.07. The first-order chi connectivity index (χ1) is 8.61. The molecule has 2 rings (SSSR count). The molecule has 1 N–H and O–H groups in total. The smallest absolute Gasteiger partial charge is 0.254 e. The lowest BCUT2D eigenvalue weighted by Crippen LogP contribution is -2.16. The number of hydrogen-bond acceptors (Lipinski definition) is 3. The SMILES string of the molecule is CCCc1nc(-c2ccc(C)nc2)c(C)c(=O)[nH]1. The highest BCUT2D eigenvalue weighted by Crippen LogP contribution is 2.18. The minimum absolute atomic E-state index is 0.0657. The zero-order chi connectivity index (χ0) is 13.1. The van der Waals surface area contributed by atoms with Crippen LogP contribution < -0.4 is 5.56 Å². The van der Waals surface area contributed by atoms with Gasteiger partial charge in [-0.3, -0.25) is 9.78 Å². The van der Waals surface area contributed by atoms with Crippen molar-refractivity contribution in [3.8, 4) is 11.3 Å². The number of pyridine rings is 1. The second kappa shape index (κ2) is 5.12. The first-order valence-corrected chi connectivity index (χ1v) is 6.14. The average Bonchev–Trinajstić information content (AvgIpc) is 2.35. The van der Waals surface area contributed by atoms with Crippen molar-refractivity contribution in [3.63, 3.8) is 0 Å². The van der Waals surface area contributed by atoms with Crippen LogP contribution in [0.5, 0.6) is 0 Å². The Kier molecular flexibility index (Phi) is 3.55. The van der Waals surface area contributed by atoms with E-state index in [1.165, 1.54) is 0 Å². The fourth-order valence-corrected chi connectivity index (χ4v) is 1.82. The monoisotopic (exact) mass is 243 g/mol. The maximum Gasteiger partial charge on any atom is 0.254 e. The molecule has 0 saturated carbocycles. The van der Waals surface area contributed by atoms with Gasteiger partial charge >= 0.3 is 0 Å². The van der Waals surface area contributed by atoms with Gasteiger partial charge in [0.2, 0.25) is 0 Å². The van der Waals surface area contributed by atoms with Crippen LogP contribution in [0.25, 0.3) is 11.3 Å². The summed E-state index contributed by atoms with van der Waals surface area (Å²) in [6, 6.07) is 3.88. The Balaban J connectivity index is 2.55. The van der Waals surface area contributed by atoms with Crippen LogP contribution in [-0.2, 0) is 6.42 Å². The third-order valence-corrected chi connectivity index (χ3v) is 2.87. The highest BCUT2D eigenvalue weighted by Gasteiger charge is 2.09. The summed E-state index contributed by atoms with van der Waals surface area (Å²) in [6.45, 7) is 5.79. The Bertz CT molecular complexity index is 599. The van der Waals surface area contributed by atoms with Gasteiger partial charge in [0.15, 0.2) is 0 Å². The highest BCUT2D eigenvalue weighted by atomic mass is 16.1. The van der Waals surface area contributed by atoms with Gasteiger partial charge in [0.25, 0.3) is 5.56 Å². The van der Waals surface area contributed by atoms with E-state index in [1.807, 2.05) is 19.1 Å². The molecule has 0 amide bonds. The van der Waals surface area contributed by atoms with Crippen molar-refractivity contribution >= 4 is 0 Å². The van der Waals surface area contributed by atoms with Crippen LogP contribution in [0.15, 0.2) is 23.1 Å². The summed E-state index contributed by atoms with van der Waals surface area (Å²) in [5, 5.41) is 0. The highest BCUT2D eigenvalue weighted by molar-refractivity contribution is 5.61. The van der Waals surface area contributed by atoms with E-state index in [-0.39, 0.29) is 5.56 Å². The molecule has 0 unspecified atom stereocenters. The number of rotatable bonds is 3. The molecule has 18 heavy (non-hydrogen) atoms. The summed E-state index contributed by atoms with van der Waals surface area (Å²) < 4.78 is 0. The number of nitrogens with one attached hydrogen (secondary N) is 1. The van der Waals surface area contributed by atoms with Gasteiger partial charge in [-0.05, 0) is 32.4 Å². The standard InChI is InChI=1S/C14H17N3O/c1-4-5-12-16-13(10(3)14(18)17-12)11-7-6-9(2)15-8-11/h6-8H,4-5H2,1-3H3,(H,16,17,18). The molecular formula is C14H17N3O. The molecule has 4 nitrogen and oxygen atoms in total. The van der Waals surface area contributed by atoms with Crippen molar-refractivity contribution in [2.24, 2.45) is 0 Å². The van der Waals surface area contributed by atoms with Gasteiger partial charge in [0, 0.05) is 29.4 Å². The van der Waals surface area contributed by atoms with Crippen molar-refractivity contribution in [3.05, 3.63) is 45.8 Å². The fraction of sp³-hybridized carbons (Fsp3) is 0.357. The normalized spacial score (nSPS) is 10.6. The number of hydrogen-bond donors (Lipinski definition) is 1. The van der Waals surface area contributed by atoms with Gasteiger partial charge in [-0.2, -0.15) is 0 Å². The van der Waals surface area contributed by atoms with E-state index in [1.54, 1.807) is 13.1 Å². The van der Waals surface area contributed by atoms with Gasteiger partial charge in [0.1, 0.15) is 5.82 Å². The topological polar surface area (TPSA) is 58.6 Å². The average molecular weight is 243 g/mol. The Morgan fingerprint density at radius 1 is 1.28 bits per heavy atom. The van der Waals surface area contributed by atoms with E-state index >= 15 is 0 Å². The van der Waals surface area contributed by atoms with Crippen molar-refractivity contribution in [2.75, 3.05) is 0 Å². The first-order valence-electron chi connectivity index (χ1n) is 6.14. The van der Waals surface area contributed by atoms with E-state index in [0.717, 1.165) is 35.6 Å². The summed E-state index contributed by atoms with van der Waals surface area (Å²) in [5.74, 6) is 0.740. The molecule has 4 heteroatoms. The number of aromatic amines is 1. The summed E-state index contributed by atoms with van der Waals surface area (Å²) in [4.78, 5) is 23.4. The van der Waals surface area contributed by atoms with E-state index in [9.17, 15) is 4.79 Å². The van der Waals surface area contributed by atoms with E-state index in [4.69, 9.17) is 0 Å². The van der Waals surface area contributed by atoms with E-state index in [0.29, 0.717) is 5.56 Å². The third kappa shape index (κ3) is 2.47. The molecule has 0 fully saturated rings. The summed E-state index contributed by atoms with van der Waals surface area (Å²) in [6.07, 6.45) is 3.50. The number of aryl methyl sites for hydroxylation is 2. The first kappa shape index (κ1) is 12.5. The van der Waals surface area contributed by atoms with Crippen LogP contribution in [0.4, 0.5) is 0 Å². The van der Waals surface area contributed by atoms with Crippen molar-refractivity contribution < 1.29 is 0 Å². The molecule has 0 aliphatic carbocycles. The Morgan fingerprint density at radius 2 is 2.06 bits per heavy atom. The number of aromatic nitrogens is 3. The van der Waals surface area contributed by atoms with Crippen LogP contribution in [0.2, 0.25) is 0 Å². The Labute approximate surface area is 106 Å². The van der Waals surface area contributed by atoms with Gasteiger partial charge < -0.3 is 4.98 Å². The molecule has 0 aliphatic heterocycles. The van der Waals surface area contributed by atoms with Crippen LogP contribution in [0.1, 0.15) is 30.4 Å². The van der Waals surface area contributed by atoms with E-state index in [2.05, 4.69) is 21.9 Å². The van der Waals surface area contributed by atoms with Crippen LogP contribution >= 0.6 is 0 Å². The molecule has 0 saturated heterocycles. The van der Waals surface area contributed by atoms with Crippen molar-refractivity contribution in [1.82, 2.24) is 15.0 Å². The zero-order valence-corrected chi connectivity index (χ0v) is 10.9.